The van der Waals surface area contributed by atoms with E-state index in [1.165, 1.54) is 4.31 Å². The lowest BCUT2D eigenvalue weighted by molar-refractivity contribution is -0.119. The molecule has 1 N–H and O–H groups in total. The predicted molar refractivity (Wildman–Crippen MR) is 115 cm³/mol. The lowest BCUT2D eigenvalue weighted by atomic mass is 10.1. The molecular formula is C22H22N4O4S. The van der Waals surface area contributed by atoms with Gasteiger partial charge in [-0.3, -0.25) is 4.79 Å². The van der Waals surface area contributed by atoms with Crippen LogP contribution in [0.15, 0.2) is 71.9 Å². The highest BCUT2D eigenvalue weighted by molar-refractivity contribution is 7.89. The summed E-state index contributed by atoms with van der Waals surface area (Å²) in [5.41, 5.74) is 1.37. The van der Waals surface area contributed by atoms with Gasteiger partial charge in [-0.1, -0.05) is 18.2 Å². The van der Waals surface area contributed by atoms with Gasteiger partial charge in [-0.25, -0.2) is 18.4 Å². The summed E-state index contributed by atoms with van der Waals surface area (Å²) in [7, 11) is -3.74. The molecule has 1 aromatic heterocycles. The number of rotatable bonds is 6. The zero-order chi connectivity index (χ0) is 21.8. The first kappa shape index (κ1) is 21.0. The lowest BCUT2D eigenvalue weighted by Crippen LogP contribution is -2.43. The SMILES string of the molecule is Cc1cc(Oc2ncccn2)ccc1NC(=O)C1CCCN1S(=O)(=O)c1ccccc1. The zero-order valence-electron chi connectivity index (χ0n) is 16.9. The van der Waals surface area contributed by atoms with Crippen LogP contribution in [-0.4, -0.2) is 41.2 Å². The fraction of sp³-hybridized carbons (Fsp3) is 0.227. The van der Waals surface area contributed by atoms with Crippen LogP contribution >= 0.6 is 0 Å². The summed E-state index contributed by atoms with van der Waals surface area (Å²) >= 11 is 0. The minimum atomic E-state index is -3.74. The Morgan fingerprint density at radius 2 is 1.84 bits per heavy atom. The van der Waals surface area contributed by atoms with Crippen molar-refractivity contribution in [2.75, 3.05) is 11.9 Å². The van der Waals surface area contributed by atoms with Gasteiger partial charge in [0.05, 0.1) is 4.90 Å². The molecule has 0 bridgehead atoms. The van der Waals surface area contributed by atoms with E-state index in [1.807, 2.05) is 6.92 Å². The second kappa shape index (κ2) is 8.83. The van der Waals surface area contributed by atoms with Gasteiger partial charge in [-0.2, -0.15) is 4.31 Å². The number of carbonyl (C=O) groups excluding carboxylic acids is 1. The Bertz CT molecular complexity index is 1170. The van der Waals surface area contributed by atoms with Crippen molar-refractivity contribution in [1.29, 1.82) is 0 Å². The smallest absolute Gasteiger partial charge is 0.321 e. The van der Waals surface area contributed by atoms with Gasteiger partial charge in [0.1, 0.15) is 11.8 Å². The molecule has 1 aliphatic rings. The molecule has 2 heterocycles. The second-order valence-corrected chi connectivity index (χ2v) is 9.08. The normalized spacial score (nSPS) is 16.7. The number of nitrogens with zero attached hydrogens (tertiary/aromatic N) is 3. The summed E-state index contributed by atoms with van der Waals surface area (Å²) < 4.78 is 32.9. The average molecular weight is 439 g/mol. The van der Waals surface area contributed by atoms with Crippen LogP contribution in [0.1, 0.15) is 18.4 Å². The Morgan fingerprint density at radius 3 is 2.55 bits per heavy atom. The van der Waals surface area contributed by atoms with Gasteiger partial charge in [0, 0.05) is 24.6 Å². The van der Waals surface area contributed by atoms with E-state index in [4.69, 9.17) is 4.74 Å². The van der Waals surface area contributed by atoms with Crippen molar-refractivity contribution in [2.45, 2.75) is 30.7 Å². The maximum Gasteiger partial charge on any atom is 0.321 e. The highest BCUT2D eigenvalue weighted by Crippen LogP contribution is 2.28. The molecule has 9 heteroatoms. The quantitative estimate of drug-likeness (QED) is 0.633. The number of anilines is 1. The summed E-state index contributed by atoms with van der Waals surface area (Å²) in [6.07, 6.45) is 4.28. The van der Waals surface area contributed by atoms with Crippen LogP contribution in [0, 0.1) is 6.92 Å². The molecule has 8 nitrogen and oxygen atoms in total. The van der Waals surface area contributed by atoms with Crippen LogP contribution in [0.3, 0.4) is 0 Å². The molecular weight excluding hydrogens is 416 g/mol. The summed E-state index contributed by atoms with van der Waals surface area (Å²) in [5, 5.41) is 2.86. The molecule has 160 valence electrons. The van der Waals surface area contributed by atoms with E-state index in [1.54, 1.807) is 67.0 Å². The molecule has 0 radical (unpaired) electrons. The number of amides is 1. The van der Waals surface area contributed by atoms with Crippen molar-refractivity contribution in [3.63, 3.8) is 0 Å². The largest absolute Gasteiger partial charge is 0.424 e. The third-order valence-electron chi connectivity index (χ3n) is 5.06. The molecule has 0 spiro atoms. The van der Waals surface area contributed by atoms with E-state index in [0.717, 1.165) is 5.56 Å². The van der Waals surface area contributed by atoms with Crippen LogP contribution in [0.5, 0.6) is 11.8 Å². The molecule has 1 saturated heterocycles. The van der Waals surface area contributed by atoms with Crippen molar-refractivity contribution >= 4 is 21.6 Å². The molecule has 0 aliphatic carbocycles. The average Bonchev–Trinajstić information content (AvgIpc) is 3.28. The van der Waals surface area contributed by atoms with Crippen LogP contribution in [0.2, 0.25) is 0 Å². The van der Waals surface area contributed by atoms with Gasteiger partial charge in [0.15, 0.2) is 0 Å². The number of nitrogens with one attached hydrogen (secondary N) is 1. The van der Waals surface area contributed by atoms with Gasteiger partial charge in [0.2, 0.25) is 15.9 Å². The van der Waals surface area contributed by atoms with Crippen molar-refractivity contribution in [3.05, 3.63) is 72.6 Å². The molecule has 2 aromatic carbocycles. The first-order valence-electron chi connectivity index (χ1n) is 9.88. The number of aryl methyl sites for hydroxylation is 1. The summed E-state index contributed by atoms with van der Waals surface area (Å²) in [5.74, 6) is 0.191. The number of hydrogen-bond donors (Lipinski definition) is 1. The fourth-order valence-corrected chi connectivity index (χ4v) is 5.19. The van der Waals surface area contributed by atoms with Gasteiger partial charge >= 0.3 is 6.01 Å². The Morgan fingerprint density at radius 1 is 1.10 bits per heavy atom. The third kappa shape index (κ3) is 4.57. The Labute approximate surface area is 181 Å². The Hall–Kier alpha value is -3.30. The fourth-order valence-electron chi connectivity index (χ4n) is 3.52. The monoisotopic (exact) mass is 438 g/mol. The van der Waals surface area contributed by atoms with Crippen LogP contribution in [-0.2, 0) is 14.8 Å². The molecule has 3 aromatic rings. The number of benzene rings is 2. The van der Waals surface area contributed by atoms with Crippen molar-refractivity contribution in [1.82, 2.24) is 14.3 Å². The molecule has 1 atom stereocenters. The zero-order valence-corrected chi connectivity index (χ0v) is 17.7. The van der Waals surface area contributed by atoms with Gasteiger partial charge in [-0.05, 0) is 61.7 Å². The van der Waals surface area contributed by atoms with Gasteiger partial charge in [0.25, 0.3) is 0 Å². The minimum Gasteiger partial charge on any atom is -0.424 e. The van der Waals surface area contributed by atoms with Crippen molar-refractivity contribution in [3.8, 4) is 11.8 Å². The summed E-state index contributed by atoms with van der Waals surface area (Å²) in [6, 6.07) is 14.5. The molecule has 1 aliphatic heterocycles. The first-order chi connectivity index (χ1) is 14.9. The number of ether oxygens (including phenoxy) is 1. The van der Waals surface area contributed by atoms with E-state index in [9.17, 15) is 13.2 Å². The first-order valence-corrected chi connectivity index (χ1v) is 11.3. The Kier molecular flexibility index (Phi) is 5.97. The Balaban J connectivity index is 1.48. The number of carbonyl (C=O) groups is 1. The van der Waals surface area contributed by atoms with E-state index in [2.05, 4.69) is 15.3 Å². The van der Waals surface area contributed by atoms with Crippen LogP contribution in [0.25, 0.3) is 0 Å². The van der Waals surface area contributed by atoms with E-state index < -0.39 is 16.1 Å². The molecule has 1 unspecified atom stereocenters. The maximum atomic E-state index is 13.0. The van der Waals surface area contributed by atoms with Gasteiger partial charge < -0.3 is 10.1 Å². The van der Waals surface area contributed by atoms with E-state index in [0.29, 0.717) is 30.8 Å². The number of sulfonamides is 1. The molecule has 1 fully saturated rings. The van der Waals surface area contributed by atoms with E-state index in [-0.39, 0.29) is 16.8 Å². The highest BCUT2D eigenvalue weighted by Gasteiger charge is 2.39. The van der Waals surface area contributed by atoms with Gasteiger partial charge in [-0.15, -0.1) is 0 Å². The molecule has 0 saturated carbocycles. The molecule has 31 heavy (non-hydrogen) atoms. The molecule has 4 rings (SSSR count). The van der Waals surface area contributed by atoms with Crippen LogP contribution in [0.4, 0.5) is 5.69 Å². The maximum absolute atomic E-state index is 13.0. The predicted octanol–water partition coefficient (Wildman–Crippen LogP) is 3.37. The number of aromatic nitrogens is 2. The van der Waals surface area contributed by atoms with Crippen LogP contribution < -0.4 is 10.1 Å². The second-order valence-electron chi connectivity index (χ2n) is 7.19. The lowest BCUT2D eigenvalue weighted by Gasteiger charge is -2.23. The highest BCUT2D eigenvalue weighted by atomic mass is 32.2. The van der Waals surface area contributed by atoms with Crippen molar-refractivity contribution < 1.29 is 17.9 Å². The minimum absolute atomic E-state index is 0.190. The summed E-state index contributed by atoms with van der Waals surface area (Å²) in [4.78, 5) is 21.2. The molecule has 1 amide bonds. The standard InChI is InChI=1S/C22H22N4O4S/c1-16-15-17(30-22-23-12-6-13-24-22)10-11-19(16)25-21(27)20-9-5-14-26(20)31(28,29)18-7-3-2-4-8-18/h2-4,6-8,10-13,15,20H,5,9,14H2,1H3,(H,25,27). The summed E-state index contributed by atoms with van der Waals surface area (Å²) in [6.45, 7) is 2.15. The van der Waals surface area contributed by atoms with E-state index >= 15 is 0 Å². The van der Waals surface area contributed by atoms with Crippen molar-refractivity contribution in [2.24, 2.45) is 0 Å². The third-order valence-corrected chi connectivity index (χ3v) is 6.99. The topological polar surface area (TPSA) is 101 Å². The number of hydrogen-bond acceptors (Lipinski definition) is 6.